The number of rotatable bonds is 4. The van der Waals surface area contributed by atoms with Crippen molar-refractivity contribution in [3.63, 3.8) is 0 Å². The van der Waals surface area contributed by atoms with Crippen LogP contribution in [0.3, 0.4) is 0 Å². The maximum atomic E-state index is 13.3. The van der Waals surface area contributed by atoms with Gasteiger partial charge in [-0.2, -0.15) is 13.2 Å². The zero-order chi connectivity index (χ0) is 22.2. The van der Waals surface area contributed by atoms with E-state index in [4.69, 9.17) is 11.6 Å². The Labute approximate surface area is 179 Å². The van der Waals surface area contributed by atoms with E-state index in [-0.39, 0.29) is 33.2 Å². The molecule has 2 heterocycles. The SMILES string of the molecule is Oc1c(C(Nc2ccc(F)cn2)c2cc(C(F)(F)F)ccc2Cl)ccc2cccnc12. The molecule has 4 rings (SSSR count). The van der Waals surface area contributed by atoms with E-state index >= 15 is 0 Å². The van der Waals surface area contributed by atoms with Gasteiger partial charge in [-0.3, -0.25) is 4.98 Å². The maximum absolute atomic E-state index is 13.3. The van der Waals surface area contributed by atoms with Gasteiger partial charge >= 0.3 is 6.18 Å². The predicted octanol–water partition coefficient (Wildman–Crippen LogP) is 6.35. The minimum absolute atomic E-state index is 0.0492. The molecular formula is C22H14ClF4N3O. The van der Waals surface area contributed by atoms with Gasteiger partial charge in [-0.05, 0) is 42.0 Å². The smallest absolute Gasteiger partial charge is 0.416 e. The zero-order valence-corrected chi connectivity index (χ0v) is 16.4. The number of nitrogens with zero attached hydrogens (tertiary/aromatic N) is 2. The van der Waals surface area contributed by atoms with Gasteiger partial charge in [0.2, 0.25) is 0 Å². The van der Waals surface area contributed by atoms with Crippen LogP contribution in [0.2, 0.25) is 5.02 Å². The number of halogens is 5. The highest BCUT2D eigenvalue weighted by atomic mass is 35.5. The summed E-state index contributed by atoms with van der Waals surface area (Å²) in [7, 11) is 0. The van der Waals surface area contributed by atoms with Crippen molar-refractivity contribution in [3.05, 3.63) is 94.5 Å². The summed E-state index contributed by atoms with van der Waals surface area (Å²) in [5.41, 5.74) is -0.321. The second kappa shape index (κ2) is 8.03. The average molecular weight is 448 g/mol. The molecule has 4 nitrogen and oxygen atoms in total. The number of nitrogens with one attached hydrogen (secondary N) is 1. The number of benzene rings is 2. The molecule has 0 fully saturated rings. The zero-order valence-electron chi connectivity index (χ0n) is 15.7. The van der Waals surface area contributed by atoms with Gasteiger partial charge in [-0.25, -0.2) is 9.37 Å². The van der Waals surface area contributed by atoms with E-state index in [1.807, 2.05) is 0 Å². The van der Waals surface area contributed by atoms with E-state index in [1.165, 1.54) is 12.3 Å². The molecule has 2 aromatic carbocycles. The number of pyridine rings is 2. The standard InChI is InChI=1S/C22H14ClF4N3O/c23-17-7-4-13(22(25,26)27)10-16(17)20(30-18-8-5-14(24)11-29-18)15-6-3-12-2-1-9-28-19(12)21(15)31/h1-11,20,31H,(H,29,30). The van der Waals surface area contributed by atoms with Crippen LogP contribution in [0.25, 0.3) is 10.9 Å². The van der Waals surface area contributed by atoms with Crippen molar-refractivity contribution in [1.82, 2.24) is 9.97 Å². The molecule has 0 aliphatic heterocycles. The Balaban J connectivity index is 1.91. The number of hydrogen-bond acceptors (Lipinski definition) is 4. The van der Waals surface area contributed by atoms with Gasteiger partial charge in [0.05, 0.1) is 17.8 Å². The molecule has 31 heavy (non-hydrogen) atoms. The first-order chi connectivity index (χ1) is 14.7. The molecule has 158 valence electrons. The van der Waals surface area contributed by atoms with Crippen LogP contribution in [0.4, 0.5) is 23.4 Å². The van der Waals surface area contributed by atoms with E-state index in [1.54, 1.807) is 24.3 Å². The van der Waals surface area contributed by atoms with Gasteiger partial charge in [0.1, 0.15) is 22.9 Å². The Morgan fingerprint density at radius 1 is 0.968 bits per heavy atom. The number of phenolic OH excluding ortho intramolecular Hbond substituents is 1. The molecule has 0 saturated heterocycles. The first kappa shape index (κ1) is 20.9. The van der Waals surface area contributed by atoms with E-state index in [9.17, 15) is 22.7 Å². The fraction of sp³-hybridized carbons (Fsp3) is 0.0909. The molecule has 0 amide bonds. The van der Waals surface area contributed by atoms with Crippen LogP contribution < -0.4 is 5.32 Å². The minimum atomic E-state index is -4.59. The van der Waals surface area contributed by atoms with Gasteiger partial charge in [0, 0.05) is 22.2 Å². The van der Waals surface area contributed by atoms with Crippen LogP contribution in [0.15, 0.2) is 67.0 Å². The number of aromatic hydroxyl groups is 1. The lowest BCUT2D eigenvalue weighted by molar-refractivity contribution is -0.137. The molecule has 0 radical (unpaired) electrons. The van der Waals surface area contributed by atoms with Gasteiger partial charge in [-0.1, -0.05) is 29.8 Å². The van der Waals surface area contributed by atoms with Crippen molar-refractivity contribution in [2.24, 2.45) is 0 Å². The van der Waals surface area contributed by atoms with E-state index in [0.717, 1.165) is 30.5 Å². The lowest BCUT2D eigenvalue weighted by atomic mass is 9.94. The second-order valence-electron chi connectivity index (χ2n) is 6.75. The normalized spacial score (nSPS) is 12.7. The predicted molar refractivity (Wildman–Crippen MR) is 110 cm³/mol. The summed E-state index contributed by atoms with van der Waals surface area (Å²) in [5, 5.41) is 14.5. The highest BCUT2D eigenvalue weighted by molar-refractivity contribution is 6.31. The lowest BCUT2D eigenvalue weighted by Crippen LogP contribution is -2.16. The molecule has 1 unspecified atom stereocenters. The van der Waals surface area contributed by atoms with Crippen molar-refractivity contribution in [1.29, 1.82) is 0 Å². The van der Waals surface area contributed by atoms with Crippen LogP contribution in [0, 0.1) is 5.82 Å². The van der Waals surface area contributed by atoms with Crippen LogP contribution in [0.1, 0.15) is 22.7 Å². The van der Waals surface area contributed by atoms with Gasteiger partial charge in [0.15, 0.2) is 0 Å². The topological polar surface area (TPSA) is 58.0 Å². The molecule has 1 atom stereocenters. The molecule has 0 spiro atoms. The fourth-order valence-corrected chi connectivity index (χ4v) is 3.48. The summed E-state index contributed by atoms with van der Waals surface area (Å²) in [4.78, 5) is 8.07. The summed E-state index contributed by atoms with van der Waals surface area (Å²) >= 11 is 6.27. The summed E-state index contributed by atoms with van der Waals surface area (Å²) < 4.78 is 53.3. The van der Waals surface area contributed by atoms with Crippen LogP contribution in [-0.2, 0) is 6.18 Å². The Bertz CT molecular complexity index is 1250. The van der Waals surface area contributed by atoms with Crippen molar-refractivity contribution >= 4 is 28.3 Å². The third-order valence-electron chi connectivity index (χ3n) is 4.74. The van der Waals surface area contributed by atoms with Crippen molar-refractivity contribution in [2.75, 3.05) is 5.32 Å². The largest absolute Gasteiger partial charge is 0.505 e. The fourth-order valence-electron chi connectivity index (χ4n) is 3.25. The summed E-state index contributed by atoms with van der Waals surface area (Å²) in [6, 6.07) is 11.1. The van der Waals surface area contributed by atoms with Crippen LogP contribution >= 0.6 is 11.6 Å². The maximum Gasteiger partial charge on any atom is 0.416 e. The van der Waals surface area contributed by atoms with Crippen LogP contribution in [-0.4, -0.2) is 15.1 Å². The van der Waals surface area contributed by atoms with Gasteiger partial charge in [-0.15, -0.1) is 0 Å². The summed E-state index contributed by atoms with van der Waals surface area (Å²) in [5.74, 6) is -0.608. The molecule has 0 aliphatic carbocycles. The number of hydrogen-bond donors (Lipinski definition) is 2. The molecule has 2 aromatic heterocycles. The van der Waals surface area contributed by atoms with E-state index < -0.39 is 23.6 Å². The second-order valence-corrected chi connectivity index (χ2v) is 7.16. The lowest BCUT2D eigenvalue weighted by Gasteiger charge is -2.24. The summed E-state index contributed by atoms with van der Waals surface area (Å²) in [6.45, 7) is 0. The van der Waals surface area contributed by atoms with Gasteiger partial charge < -0.3 is 10.4 Å². The Hall–Kier alpha value is -3.39. The number of aromatic nitrogens is 2. The molecule has 0 aliphatic rings. The Morgan fingerprint density at radius 3 is 2.48 bits per heavy atom. The molecule has 0 saturated carbocycles. The first-order valence-corrected chi connectivity index (χ1v) is 9.43. The first-order valence-electron chi connectivity index (χ1n) is 9.05. The number of anilines is 1. The molecule has 2 N–H and O–H groups in total. The Kier molecular flexibility index (Phi) is 5.41. The van der Waals surface area contributed by atoms with E-state index in [0.29, 0.717) is 5.39 Å². The van der Waals surface area contributed by atoms with Crippen molar-refractivity contribution < 1.29 is 22.7 Å². The number of phenols is 1. The average Bonchev–Trinajstić information content (AvgIpc) is 2.74. The van der Waals surface area contributed by atoms with Crippen LogP contribution in [0.5, 0.6) is 5.75 Å². The van der Waals surface area contributed by atoms with Gasteiger partial charge in [0.25, 0.3) is 0 Å². The highest BCUT2D eigenvalue weighted by Crippen LogP contribution is 2.40. The summed E-state index contributed by atoms with van der Waals surface area (Å²) in [6.07, 6.45) is -2.13. The Morgan fingerprint density at radius 2 is 1.77 bits per heavy atom. The molecule has 0 bridgehead atoms. The molecule has 4 aromatic rings. The number of alkyl halides is 3. The van der Waals surface area contributed by atoms with Crippen molar-refractivity contribution in [2.45, 2.75) is 12.2 Å². The molecule has 9 heteroatoms. The van der Waals surface area contributed by atoms with Crippen molar-refractivity contribution in [3.8, 4) is 5.75 Å². The van der Waals surface area contributed by atoms with E-state index in [2.05, 4.69) is 15.3 Å². The third-order valence-corrected chi connectivity index (χ3v) is 5.09. The molecular weight excluding hydrogens is 434 g/mol. The third kappa shape index (κ3) is 4.25. The number of fused-ring (bicyclic) bond motifs is 1. The quantitative estimate of drug-likeness (QED) is 0.358. The monoisotopic (exact) mass is 447 g/mol. The highest BCUT2D eigenvalue weighted by Gasteiger charge is 2.32. The minimum Gasteiger partial charge on any atom is -0.505 e.